The maximum atomic E-state index is 6.16. The summed E-state index contributed by atoms with van der Waals surface area (Å²) in [6.07, 6.45) is 1.65. The number of halogens is 2. The topological polar surface area (TPSA) is 50.9 Å². The van der Waals surface area contributed by atoms with Crippen molar-refractivity contribution in [1.82, 2.24) is 4.98 Å². The highest BCUT2D eigenvalue weighted by molar-refractivity contribution is 6.35. The van der Waals surface area contributed by atoms with E-state index in [1.807, 2.05) is 31.2 Å². The summed E-state index contributed by atoms with van der Waals surface area (Å²) in [5, 5.41) is 4.52. The average Bonchev–Trinajstić information content (AvgIpc) is 2.32. The van der Waals surface area contributed by atoms with E-state index in [4.69, 9.17) is 28.9 Å². The van der Waals surface area contributed by atoms with Gasteiger partial charge in [0.25, 0.3) is 0 Å². The Hall–Kier alpha value is -1.45. The minimum atomic E-state index is 0.0151. The highest BCUT2D eigenvalue weighted by atomic mass is 35.5. The molecule has 1 heterocycles. The first kappa shape index (κ1) is 13.0. The summed E-state index contributed by atoms with van der Waals surface area (Å²) in [6.45, 7) is 2.00. The van der Waals surface area contributed by atoms with Gasteiger partial charge in [-0.1, -0.05) is 29.3 Å². The molecule has 0 fully saturated rings. The zero-order valence-electron chi connectivity index (χ0n) is 9.82. The number of aromatic nitrogens is 1. The van der Waals surface area contributed by atoms with E-state index >= 15 is 0 Å². The Kier molecular flexibility index (Phi) is 3.94. The molecular formula is C13H13Cl2N3. The van der Waals surface area contributed by atoms with Gasteiger partial charge >= 0.3 is 0 Å². The van der Waals surface area contributed by atoms with Crippen molar-refractivity contribution in [1.29, 1.82) is 0 Å². The number of nitrogens with zero attached hydrogens (tertiary/aromatic N) is 1. The number of nitrogen functional groups attached to an aromatic ring is 1. The number of hydrogen-bond donors (Lipinski definition) is 2. The quantitative estimate of drug-likeness (QED) is 0.889. The molecule has 0 aliphatic heterocycles. The monoisotopic (exact) mass is 281 g/mol. The normalized spacial score (nSPS) is 12.2. The SMILES string of the molecule is CC(Nc1cccnc1N)c1ccc(Cl)cc1Cl. The van der Waals surface area contributed by atoms with E-state index in [0.29, 0.717) is 15.9 Å². The molecule has 0 saturated carbocycles. The number of nitrogens with two attached hydrogens (primary N) is 1. The standard InChI is InChI=1S/C13H13Cl2N3/c1-8(10-5-4-9(14)7-11(10)15)18-12-3-2-6-17-13(12)16/h2-8,18H,1H3,(H2,16,17). The van der Waals surface area contributed by atoms with Crippen LogP contribution in [0.25, 0.3) is 0 Å². The van der Waals surface area contributed by atoms with Gasteiger partial charge < -0.3 is 11.1 Å². The lowest BCUT2D eigenvalue weighted by Crippen LogP contribution is -2.09. The molecule has 0 radical (unpaired) electrons. The van der Waals surface area contributed by atoms with E-state index in [2.05, 4.69) is 10.3 Å². The maximum Gasteiger partial charge on any atom is 0.146 e. The molecule has 5 heteroatoms. The van der Waals surface area contributed by atoms with Gasteiger partial charge in [0.2, 0.25) is 0 Å². The van der Waals surface area contributed by atoms with Crippen LogP contribution in [0.3, 0.4) is 0 Å². The number of anilines is 2. The number of rotatable bonds is 3. The van der Waals surface area contributed by atoms with Crippen LogP contribution < -0.4 is 11.1 Å². The van der Waals surface area contributed by atoms with Crippen LogP contribution in [-0.4, -0.2) is 4.98 Å². The van der Waals surface area contributed by atoms with Gasteiger partial charge in [0, 0.05) is 16.2 Å². The van der Waals surface area contributed by atoms with Gasteiger partial charge in [-0.15, -0.1) is 0 Å². The molecule has 2 rings (SSSR count). The Balaban J connectivity index is 2.22. The summed E-state index contributed by atoms with van der Waals surface area (Å²) in [6, 6.07) is 9.16. The lowest BCUT2D eigenvalue weighted by molar-refractivity contribution is 0.884. The summed E-state index contributed by atoms with van der Waals surface area (Å²) < 4.78 is 0. The first-order chi connectivity index (χ1) is 8.58. The van der Waals surface area contributed by atoms with Gasteiger partial charge in [-0.05, 0) is 36.8 Å². The summed E-state index contributed by atoms with van der Waals surface area (Å²) in [7, 11) is 0. The minimum Gasteiger partial charge on any atom is -0.382 e. The molecule has 94 valence electrons. The third-order valence-corrected chi connectivity index (χ3v) is 3.20. The van der Waals surface area contributed by atoms with Crippen LogP contribution in [0.1, 0.15) is 18.5 Å². The van der Waals surface area contributed by atoms with E-state index in [-0.39, 0.29) is 6.04 Å². The second-order valence-corrected chi connectivity index (χ2v) is 4.81. The third kappa shape index (κ3) is 2.86. The summed E-state index contributed by atoms with van der Waals surface area (Å²) in [4.78, 5) is 4.02. The number of pyridine rings is 1. The summed E-state index contributed by atoms with van der Waals surface area (Å²) in [5.74, 6) is 0.467. The lowest BCUT2D eigenvalue weighted by Gasteiger charge is -2.17. The van der Waals surface area contributed by atoms with E-state index in [1.165, 1.54) is 0 Å². The van der Waals surface area contributed by atoms with Gasteiger partial charge in [-0.3, -0.25) is 0 Å². The van der Waals surface area contributed by atoms with Crippen LogP contribution in [0.15, 0.2) is 36.5 Å². The van der Waals surface area contributed by atoms with Crippen molar-refractivity contribution in [3.63, 3.8) is 0 Å². The summed E-state index contributed by atoms with van der Waals surface area (Å²) >= 11 is 12.0. The van der Waals surface area contributed by atoms with Crippen molar-refractivity contribution in [2.24, 2.45) is 0 Å². The molecule has 0 bridgehead atoms. The molecule has 1 aromatic heterocycles. The Labute approximate surface area is 116 Å². The molecule has 3 N–H and O–H groups in total. The van der Waals surface area contributed by atoms with Gasteiger partial charge in [0.15, 0.2) is 0 Å². The molecule has 1 unspecified atom stereocenters. The van der Waals surface area contributed by atoms with Crippen LogP contribution in [0, 0.1) is 0 Å². The number of hydrogen-bond acceptors (Lipinski definition) is 3. The fourth-order valence-electron chi connectivity index (χ4n) is 1.70. The molecule has 3 nitrogen and oxygen atoms in total. The van der Waals surface area contributed by atoms with Crippen LogP contribution in [0.4, 0.5) is 11.5 Å². The van der Waals surface area contributed by atoms with Crippen molar-refractivity contribution in [3.8, 4) is 0 Å². The molecule has 1 atom stereocenters. The molecule has 2 aromatic rings. The van der Waals surface area contributed by atoms with Crippen molar-refractivity contribution in [3.05, 3.63) is 52.1 Å². The molecule has 0 saturated heterocycles. The van der Waals surface area contributed by atoms with Crippen molar-refractivity contribution >= 4 is 34.7 Å². The predicted molar refractivity (Wildman–Crippen MR) is 77.1 cm³/mol. The molecule has 0 aliphatic carbocycles. The Morgan fingerprint density at radius 3 is 2.72 bits per heavy atom. The fraction of sp³-hybridized carbons (Fsp3) is 0.154. The maximum absolute atomic E-state index is 6.16. The van der Waals surface area contributed by atoms with Crippen molar-refractivity contribution in [2.75, 3.05) is 11.1 Å². The molecule has 18 heavy (non-hydrogen) atoms. The van der Waals surface area contributed by atoms with E-state index < -0.39 is 0 Å². The first-order valence-electron chi connectivity index (χ1n) is 5.50. The third-order valence-electron chi connectivity index (χ3n) is 2.64. The summed E-state index contributed by atoms with van der Waals surface area (Å²) in [5.41, 5.74) is 7.53. The second kappa shape index (κ2) is 5.46. The van der Waals surface area contributed by atoms with Crippen LogP contribution in [0.5, 0.6) is 0 Å². The minimum absolute atomic E-state index is 0.0151. The van der Waals surface area contributed by atoms with E-state index in [9.17, 15) is 0 Å². The van der Waals surface area contributed by atoms with Gasteiger partial charge in [0.05, 0.1) is 11.7 Å². The highest BCUT2D eigenvalue weighted by Gasteiger charge is 2.11. The molecular weight excluding hydrogens is 269 g/mol. The van der Waals surface area contributed by atoms with Gasteiger partial charge in [0.1, 0.15) is 5.82 Å². The average molecular weight is 282 g/mol. The van der Waals surface area contributed by atoms with Crippen LogP contribution in [-0.2, 0) is 0 Å². The van der Waals surface area contributed by atoms with Crippen LogP contribution >= 0.6 is 23.2 Å². The Bertz CT molecular complexity index is 558. The fourth-order valence-corrected chi connectivity index (χ4v) is 2.28. The molecule has 0 aliphatic rings. The molecule has 0 amide bonds. The van der Waals surface area contributed by atoms with E-state index in [1.54, 1.807) is 12.3 Å². The first-order valence-corrected chi connectivity index (χ1v) is 6.25. The number of benzene rings is 1. The van der Waals surface area contributed by atoms with Crippen LogP contribution in [0.2, 0.25) is 10.0 Å². The highest BCUT2D eigenvalue weighted by Crippen LogP contribution is 2.29. The number of nitrogens with one attached hydrogen (secondary N) is 1. The molecule has 1 aromatic carbocycles. The smallest absolute Gasteiger partial charge is 0.146 e. The second-order valence-electron chi connectivity index (χ2n) is 3.97. The molecule has 0 spiro atoms. The van der Waals surface area contributed by atoms with Crippen molar-refractivity contribution in [2.45, 2.75) is 13.0 Å². The van der Waals surface area contributed by atoms with Crippen molar-refractivity contribution < 1.29 is 0 Å². The van der Waals surface area contributed by atoms with Gasteiger partial charge in [-0.2, -0.15) is 0 Å². The largest absolute Gasteiger partial charge is 0.382 e. The predicted octanol–water partition coefficient (Wildman–Crippen LogP) is 4.14. The lowest BCUT2D eigenvalue weighted by atomic mass is 10.1. The Morgan fingerprint density at radius 2 is 2.06 bits per heavy atom. The van der Waals surface area contributed by atoms with Gasteiger partial charge in [-0.25, -0.2) is 4.98 Å². The Morgan fingerprint density at radius 1 is 1.28 bits per heavy atom. The zero-order chi connectivity index (χ0) is 13.1. The van der Waals surface area contributed by atoms with E-state index in [0.717, 1.165) is 11.3 Å². The zero-order valence-corrected chi connectivity index (χ0v) is 11.3.